The van der Waals surface area contributed by atoms with Crippen molar-refractivity contribution in [3.63, 3.8) is 0 Å². The van der Waals surface area contributed by atoms with Crippen molar-refractivity contribution in [2.75, 3.05) is 7.11 Å². The van der Waals surface area contributed by atoms with Crippen molar-refractivity contribution in [2.24, 2.45) is 5.73 Å². The van der Waals surface area contributed by atoms with E-state index in [1.807, 2.05) is 6.07 Å². The van der Waals surface area contributed by atoms with Crippen LogP contribution in [0.3, 0.4) is 0 Å². The molecule has 4 nitrogen and oxygen atoms in total. The van der Waals surface area contributed by atoms with E-state index in [0.29, 0.717) is 5.56 Å². The van der Waals surface area contributed by atoms with Gasteiger partial charge in [0.05, 0.1) is 25.2 Å². The zero-order valence-corrected chi connectivity index (χ0v) is 9.66. The predicted molar refractivity (Wildman–Crippen MR) is 62.0 cm³/mol. The Balaban J connectivity index is 0.00000225. The van der Waals surface area contributed by atoms with E-state index in [4.69, 9.17) is 11.0 Å². The molecule has 0 saturated heterocycles. The van der Waals surface area contributed by atoms with Gasteiger partial charge >= 0.3 is 5.97 Å². The summed E-state index contributed by atoms with van der Waals surface area (Å²) in [6.45, 7) is 0. The van der Waals surface area contributed by atoms with Crippen molar-refractivity contribution in [2.45, 2.75) is 12.5 Å². The summed E-state index contributed by atoms with van der Waals surface area (Å²) < 4.78 is 4.51. The molecule has 0 aliphatic heterocycles. The number of nitriles is 1. The van der Waals surface area contributed by atoms with E-state index in [1.165, 1.54) is 7.11 Å². The van der Waals surface area contributed by atoms with E-state index in [-0.39, 0.29) is 24.8 Å². The van der Waals surface area contributed by atoms with Crippen molar-refractivity contribution in [3.05, 3.63) is 35.4 Å². The molecule has 16 heavy (non-hydrogen) atoms. The first-order chi connectivity index (χ1) is 7.17. The predicted octanol–water partition coefficient (Wildman–Crippen LogP) is 1.54. The monoisotopic (exact) mass is 240 g/mol. The molecule has 2 N–H and O–H groups in total. The van der Waals surface area contributed by atoms with Crippen molar-refractivity contribution >= 4 is 18.4 Å². The number of hydrogen-bond donors (Lipinski definition) is 1. The van der Waals surface area contributed by atoms with Crippen molar-refractivity contribution < 1.29 is 9.53 Å². The van der Waals surface area contributed by atoms with Crippen LogP contribution in [0.2, 0.25) is 0 Å². The van der Waals surface area contributed by atoms with E-state index in [0.717, 1.165) is 5.56 Å². The molecule has 0 unspecified atom stereocenters. The van der Waals surface area contributed by atoms with Crippen molar-refractivity contribution in [1.82, 2.24) is 0 Å². The summed E-state index contributed by atoms with van der Waals surface area (Å²) in [6, 6.07) is 8.48. The lowest BCUT2D eigenvalue weighted by atomic mass is 10.0. The minimum absolute atomic E-state index is 0. The van der Waals surface area contributed by atoms with Crippen molar-refractivity contribution in [3.8, 4) is 6.07 Å². The lowest BCUT2D eigenvalue weighted by Gasteiger charge is -2.10. The fraction of sp³-hybridized carbons (Fsp3) is 0.273. The van der Waals surface area contributed by atoms with E-state index < -0.39 is 6.04 Å². The first-order valence-corrected chi connectivity index (χ1v) is 4.50. The van der Waals surface area contributed by atoms with Gasteiger partial charge in [0.2, 0.25) is 0 Å². The molecule has 0 radical (unpaired) electrons. The molecule has 1 atom stereocenters. The van der Waals surface area contributed by atoms with Gasteiger partial charge in [0.25, 0.3) is 0 Å². The van der Waals surface area contributed by atoms with E-state index in [9.17, 15) is 4.79 Å². The summed E-state index contributed by atoms with van der Waals surface area (Å²) in [5.41, 5.74) is 7.08. The Morgan fingerprint density at radius 1 is 1.62 bits per heavy atom. The molecule has 0 aliphatic rings. The van der Waals surface area contributed by atoms with E-state index in [1.54, 1.807) is 24.3 Å². The highest BCUT2D eigenvalue weighted by atomic mass is 35.5. The summed E-state index contributed by atoms with van der Waals surface area (Å²) in [6.07, 6.45) is 0.116. The van der Waals surface area contributed by atoms with Crippen LogP contribution in [0.25, 0.3) is 0 Å². The molecule has 0 spiro atoms. The second-order valence-corrected chi connectivity index (χ2v) is 3.12. The number of ether oxygens (including phenoxy) is 1. The second-order valence-electron chi connectivity index (χ2n) is 3.12. The van der Waals surface area contributed by atoms with Crippen LogP contribution in [0.5, 0.6) is 0 Å². The highest BCUT2D eigenvalue weighted by Crippen LogP contribution is 2.15. The Hall–Kier alpha value is -1.57. The van der Waals surface area contributed by atoms with E-state index >= 15 is 0 Å². The minimum Gasteiger partial charge on any atom is -0.469 e. The molecule has 0 saturated carbocycles. The standard InChI is InChI=1S/C11H12N2O2.ClH/c1-15-11(14)6-10(13)9-4-2-3-8(5-9)7-12;/h2-5,10H,6,13H2,1H3;1H/t10-;/m0./s1. The summed E-state index contributed by atoms with van der Waals surface area (Å²) >= 11 is 0. The molecule has 0 bridgehead atoms. The Morgan fingerprint density at radius 3 is 2.88 bits per heavy atom. The molecule has 0 heterocycles. The summed E-state index contributed by atoms with van der Waals surface area (Å²) in [5, 5.41) is 8.69. The fourth-order valence-corrected chi connectivity index (χ4v) is 1.22. The second kappa shape index (κ2) is 6.83. The first-order valence-electron chi connectivity index (χ1n) is 4.50. The van der Waals surface area contributed by atoms with Gasteiger partial charge < -0.3 is 10.5 Å². The maximum atomic E-state index is 11.0. The van der Waals surface area contributed by atoms with Gasteiger partial charge in [0.1, 0.15) is 0 Å². The minimum atomic E-state index is -0.425. The Kier molecular flexibility index (Phi) is 6.16. The maximum absolute atomic E-state index is 11.0. The number of halogens is 1. The molecule has 0 fully saturated rings. The zero-order chi connectivity index (χ0) is 11.3. The van der Waals surface area contributed by atoms with Crippen LogP contribution in [0, 0.1) is 11.3 Å². The number of benzene rings is 1. The maximum Gasteiger partial charge on any atom is 0.307 e. The number of esters is 1. The third-order valence-electron chi connectivity index (χ3n) is 2.06. The number of carbonyl (C=O) groups is 1. The molecule has 0 aliphatic carbocycles. The number of methoxy groups -OCH3 is 1. The zero-order valence-electron chi connectivity index (χ0n) is 8.84. The van der Waals surface area contributed by atoms with Gasteiger partial charge in [-0.1, -0.05) is 12.1 Å². The Bertz CT molecular complexity index is 401. The van der Waals surface area contributed by atoms with Crippen LogP contribution in [0.4, 0.5) is 0 Å². The molecular formula is C11H13ClN2O2. The number of hydrogen-bond acceptors (Lipinski definition) is 4. The van der Waals surface area contributed by atoms with E-state index in [2.05, 4.69) is 4.74 Å². The van der Waals surface area contributed by atoms with Crippen LogP contribution in [-0.2, 0) is 9.53 Å². The smallest absolute Gasteiger partial charge is 0.307 e. The summed E-state index contributed by atoms with van der Waals surface area (Å²) in [5.74, 6) is -0.357. The van der Waals surface area contributed by atoms with Crippen LogP contribution in [0.1, 0.15) is 23.6 Å². The molecule has 5 heteroatoms. The van der Waals surface area contributed by atoms with Gasteiger partial charge in [0.15, 0.2) is 0 Å². The van der Waals surface area contributed by atoms with Gasteiger partial charge in [-0.2, -0.15) is 5.26 Å². The largest absolute Gasteiger partial charge is 0.469 e. The molecule has 86 valence electrons. The molecule has 1 aromatic rings. The lowest BCUT2D eigenvalue weighted by molar-refractivity contribution is -0.141. The highest BCUT2D eigenvalue weighted by Gasteiger charge is 2.11. The number of nitrogens with two attached hydrogens (primary N) is 1. The number of nitrogens with zero attached hydrogens (tertiary/aromatic N) is 1. The molecule has 0 aromatic heterocycles. The average Bonchev–Trinajstić information content (AvgIpc) is 2.28. The molecular weight excluding hydrogens is 228 g/mol. The van der Waals surface area contributed by atoms with Crippen molar-refractivity contribution in [1.29, 1.82) is 5.26 Å². The van der Waals surface area contributed by atoms with Crippen LogP contribution >= 0.6 is 12.4 Å². The first kappa shape index (κ1) is 14.4. The number of rotatable bonds is 3. The Morgan fingerprint density at radius 2 is 2.31 bits per heavy atom. The van der Waals surface area contributed by atoms with Gasteiger partial charge in [-0.05, 0) is 17.7 Å². The average molecular weight is 241 g/mol. The topological polar surface area (TPSA) is 76.1 Å². The summed E-state index contributed by atoms with van der Waals surface area (Å²) in [7, 11) is 1.32. The third-order valence-corrected chi connectivity index (χ3v) is 2.06. The lowest BCUT2D eigenvalue weighted by Crippen LogP contribution is -2.16. The number of carbonyl (C=O) groups excluding carboxylic acids is 1. The van der Waals surface area contributed by atoms with Crippen LogP contribution < -0.4 is 5.73 Å². The fourth-order valence-electron chi connectivity index (χ4n) is 1.22. The third kappa shape index (κ3) is 3.89. The van der Waals surface area contributed by atoms with Crippen LogP contribution in [0.15, 0.2) is 24.3 Å². The SMILES string of the molecule is COC(=O)C[C@H](N)c1cccc(C#N)c1.Cl. The van der Waals surface area contributed by atoms with Gasteiger partial charge in [0, 0.05) is 6.04 Å². The highest BCUT2D eigenvalue weighted by molar-refractivity contribution is 5.85. The molecule has 0 amide bonds. The summed E-state index contributed by atoms with van der Waals surface area (Å²) in [4.78, 5) is 11.0. The quantitative estimate of drug-likeness (QED) is 0.814. The van der Waals surface area contributed by atoms with Gasteiger partial charge in [-0.25, -0.2) is 0 Å². The normalized spacial score (nSPS) is 10.8. The molecule has 1 rings (SSSR count). The van der Waals surface area contributed by atoms with Crippen LogP contribution in [-0.4, -0.2) is 13.1 Å². The van der Waals surface area contributed by atoms with Gasteiger partial charge in [-0.15, -0.1) is 12.4 Å². The Labute approximate surface area is 100 Å². The molecule has 1 aromatic carbocycles. The van der Waals surface area contributed by atoms with Gasteiger partial charge in [-0.3, -0.25) is 4.79 Å².